The zero-order valence-corrected chi connectivity index (χ0v) is 18.3. The average Bonchev–Trinajstić information content (AvgIpc) is 2.93. The summed E-state index contributed by atoms with van der Waals surface area (Å²) in [5.74, 6) is -0.0312. The summed E-state index contributed by atoms with van der Waals surface area (Å²) in [5.41, 5.74) is 4.60. The van der Waals surface area contributed by atoms with Gasteiger partial charge in [0, 0.05) is 23.3 Å². The molecule has 0 bridgehead atoms. The summed E-state index contributed by atoms with van der Waals surface area (Å²) in [6.45, 7) is 4.25. The van der Waals surface area contributed by atoms with Crippen LogP contribution in [0.5, 0.6) is 0 Å². The summed E-state index contributed by atoms with van der Waals surface area (Å²) in [4.78, 5) is 29.4. The molecule has 5 rings (SSSR count). The highest BCUT2D eigenvalue weighted by Gasteiger charge is 2.43. The van der Waals surface area contributed by atoms with Gasteiger partial charge in [0.2, 0.25) is 0 Å². The number of benzene rings is 3. The van der Waals surface area contributed by atoms with Crippen LogP contribution in [0.15, 0.2) is 96.2 Å². The molecule has 0 radical (unpaired) electrons. The van der Waals surface area contributed by atoms with E-state index in [2.05, 4.69) is 19.2 Å². The number of para-hydroxylation sites is 2. The Bertz CT molecular complexity index is 1210. The maximum absolute atomic E-state index is 14.0. The minimum Gasteiger partial charge on any atom is -0.357 e. The first kappa shape index (κ1) is 20.3. The van der Waals surface area contributed by atoms with Gasteiger partial charge in [0.25, 0.3) is 5.91 Å². The van der Waals surface area contributed by atoms with Gasteiger partial charge in [0.15, 0.2) is 5.78 Å². The largest absolute Gasteiger partial charge is 0.357 e. The lowest BCUT2D eigenvalue weighted by Gasteiger charge is -2.37. The number of hydrogen-bond donors (Lipinski definition) is 1. The molecule has 0 aromatic heterocycles. The van der Waals surface area contributed by atoms with Crippen LogP contribution in [0.25, 0.3) is 0 Å². The second-order valence-corrected chi connectivity index (χ2v) is 9.33. The van der Waals surface area contributed by atoms with Gasteiger partial charge in [0.05, 0.1) is 17.4 Å². The molecule has 160 valence electrons. The van der Waals surface area contributed by atoms with Gasteiger partial charge < -0.3 is 5.32 Å². The first-order chi connectivity index (χ1) is 15.4. The summed E-state index contributed by atoms with van der Waals surface area (Å²) in [6, 6.07) is 26.5. The van der Waals surface area contributed by atoms with Crippen molar-refractivity contribution in [2.24, 2.45) is 5.41 Å². The lowest BCUT2D eigenvalue weighted by atomic mass is 9.73. The monoisotopic (exact) mass is 422 g/mol. The van der Waals surface area contributed by atoms with E-state index in [1.54, 1.807) is 4.90 Å². The van der Waals surface area contributed by atoms with Gasteiger partial charge in [-0.3, -0.25) is 14.5 Å². The lowest BCUT2D eigenvalue weighted by molar-refractivity contribution is -0.118. The molecule has 4 nitrogen and oxygen atoms in total. The van der Waals surface area contributed by atoms with Crippen molar-refractivity contribution in [3.8, 4) is 0 Å². The van der Waals surface area contributed by atoms with Gasteiger partial charge in [-0.05, 0) is 41.7 Å². The topological polar surface area (TPSA) is 49.4 Å². The van der Waals surface area contributed by atoms with Gasteiger partial charge in [-0.25, -0.2) is 0 Å². The Labute approximate surface area is 188 Å². The van der Waals surface area contributed by atoms with Crippen molar-refractivity contribution in [1.29, 1.82) is 0 Å². The third kappa shape index (κ3) is 3.52. The van der Waals surface area contributed by atoms with Crippen molar-refractivity contribution in [2.75, 3.05) is 10.2 Å². The van der Waals surface area contributed by atoms with Gasteiger partial charge >= 0.3 is 0 Å². The number of nitrogens with zero attached hydrogens (tertiary/aromatic N) is 1. The zero-order chi connectivity index (χ0) is 22.3. The van der Waals surface area contributed by atoms with E-state index in [0.29, 0.717) is 17.6 Å². The Balaban J connectivity index is 1.79. The molecular weight excluding hydrogens is 396 g/mol. The van der Waals surface area contributed by atoms with E-state index in [1.165, 1.54) is 0 Å². The summed E-state index contributed by atoms with van der Waals surface area (Å²) in [7, 11) is 0. The van der Waals surface area contributed by atoms with Crippen molar-refractivity contribution in [3.63, 3.8) is 0 Å². The molecule has 4 heteroatoms. The van der Waals surface area contributed by atoms with E-state index in [-0.39, 0.29) is 17.1 Å². The Hall–Kier alpha value is -3.66. The van der Waals surface area contributed by atoms with E-state index >= 15 is 0 Å². The van der Waals surface area contributed by atoms with Crippen LogP contribution < -0.4 is 10.2 Å². The first-order valence-corrected chi connectivity index (χ1v) is 11.0. The molecule has 1 atom stereocenters. The molecule has 3 aromatic carbocycles. The molecule has 1 heterocycles. The molecule has 1 aliphatic carbocycles. The molecule has 1 aliphatic heterocycles. The van der Waals surface area contributed by atoms with Crippen molar-refractivity contribution < 1.29 is 9.59 Å². The predicted molar refractivity (Wildman–Crippen MR) is 128 cm³/mol. The fourth-order valence-corrected chi connectivity index (χ4v) is 4.88. The molecule has 0 unspecified atom stereocenters. The number of rotatable bonds is 2. The number of amides is 1. The van der Waals surface area contributed by atoms with Gasteiger partial charge in [0.1, 0.15) is 0 Å². The number of ketones is 1. The third-order valence-electron chi connectivity index (χ3n) is 6.26. The van der Waals surface area contributed by atoms with E-state index in [1.807, 2.05) is 84.9 Å². The summed E-state index contributed by atoms with van der Waals surface area (Å²) >= 11 is 0. The summed E-state index contributed by atoms with van der Waals surface area (Å²) in [5, 5.41) is 3.55. The van der Waals surface area contributed by atoms with Crippen molar-refractivity contribution in [2.45, 2.75) is 32.7 Å². The number of nitrogens with one attached hydrogen (secondary N) is 1. The van der Waals surface area contributed by atoms with Crippen molar-refractivity contribution >= 4 is 23.1 Å². The van der Waals surface area contributed by atoms with Gasteiger partial charge in [-0.15, -0.1) is 0 Å². The van der Waals surface area contributed by atoms with Crippen LogP contribution in [0.2, 0.25) is 0 Å². The third-order valence-corrected chi connectivity index (χ3v) is 6.26. The van der Waals surface area contributed by atoms with Crippen LogP contribution >= 0.6 is 0 Å². The van der Waals surface area contributed by atoms with Crippen LogP contribution in [-0.4, -0.2) is 11.7 Å². The zero-order valence-electron chi connectivity index (χ0n) is 18.3. The van der Waals surface area contributed by atoms with Gasteiger partial charge in [-0.1, -0.05) is 74.5 Å². The summed E-state index contributed by atoms with van der Waals surface area (Å²) < 4.78 is 0. The Kier molecular flexibility index (Phi) is 4.93. The van der Waals surface area contributed by atoms with E-state index in [0.717, 1.165) is 29.1 Å². The van der Waals surface area contributed by atoms with Crippen LogP contribution in [0.1, 0.15) is 48.7 Å². The first-order valence-electron chi connectivity index (χ1n) is 11.0. The predicted octanol–water partition coefficient (Wildman–Crippen LogP) is 6.14. The number of carbonyl (C=O) groups excluding carboxylic acids is 2. The quantitative estimate of drug-likeness (QED) is 0.539. The molecular formula is C28H26N2O2. The molecule has 1 amide bonds. The standard InChI is InChI=1S/C28H26N2O2/c1-28(2)17-22-25(24(31)18-28)26(19-11-5-3-6-12-19)30(23-16-10-9-15-21(23)29-22)27(32)20-13-7-4-8-14-20/h3-16,26,29H,17-18H2,1-2H3/t26-/m0/s1. The maximum atomic E-state index is 14.0. The molecule has 0 saturated carbocycles. The van der Waals surface area contributed by atoms with Crippen LogP contribution in [0, 0.1) is 5.41 Å². The average molecular weight is 423 g/mol. The van der Waals surface area contributed by atoms with Crippen LogP contribution in [0.4, 0.5) is 11.4 Å². The highest BCUT2D eigenvalue weighted by atomic mass is 16.2. The van der Waals surface area contributed by atoms with Crippen molar-refractivity contribution in [1.82, 2.24) is 0 Å². The number of fused-ring (bicyclic) bond motifs is 1. The molecule has 1 N–H and O–H groups in total. The Morgan fingerprint density at radius 2 is 1.50 bits per heavy atom. The SMILES string of the molecule is CC1(C)CC(=O)C2=C(C1)Nc1ccccc1N(C(=O)c1ccccc1)[C@H]2c1ccccc1. The number of hydrogen-bond acceptors (Lipinski definition) is 3. The fourth-order valence-electron chi connectivity index (χ4n) is 4.88. The molecule has 0 fully saturated rings. The normalized spacial score (nSPS) is 19.5. The smallest absolute Gasteiger partial charge is 0.259 e. The van der Waals surface area contributed by atoms with E-state index < -0.39 is 6.04 Å². The number of anilines is 2. The van der Waals surface area contributed by atoms with Crippen LogP contribution in [0.3, 0.4) is 0 Å². The van der Waals surface area contributed by atoms with E-state index in [9.17, 15) is 9.59 Å². The Morgan fingerprint density at radius 1 is 0.875 bits per heavy atom. The second-order valence-electron chi connectivity index (χ2n) is 9.33. The molecule has 32 heavy (non-hydrogen) atoms. The molecule has 2 aliphatic rings. The molecule has 0 saturated heterocycles. The maximum Gasteiger partial charge on any atom is 0.259 e. The molecule has 3 aromatic rings. The molecule has 0 spiro atoms. The highest BCUT2D eigenvalue weighted by molar-refractivity contribution is 6.12. The minimum absolute atomic E-state index is 0.0938. The highest BCUT2D eigenvalue weighted by Crippen LogP contribution is 2.48. The number of Topliss-reactive ketones (excluding diaryl/α,β-unsaturated/α-hetero) is 1. The minimum atomic E-state index is -0.501. The number of carbonyl (C=O) groups is 2. The lowest BCUT2D eigenvalue weighted by Crippen LogP contribution is -2.39. The fraction of sp³-hybridized carbons (Fsp3) is 0.214. The summed E-state index contributed by atoms with van der Waals surface area (Å²) in [6.07, 6.45) is 1.21. The van der Waals surface area contributed by atoms with Crippen molar-refractivity contribution in [3.05, 3.63) is 107 Å². The van der Waals surface area contributed by atoms with Crippen LogP contribution in [-0.2, 0) is 4.79 Å². The van der Waals surface area contributed by atoms with Gasteiger partial charge in [-0.2, -0.15) is 0 Å². The second kappa shape index (κ2) is 7.79. The Morgan fingerprint density at radius 3 is 2.22 bits per heavy atom. The van der Waals surface area contributed by atoms with E-state index in [4.69, 9.17) is 0 Å². The number of allylic oxidation sites excluding steroid dienone is 1.